The van der Waals surface area contributed by atoms with Crippen LogP contribution in [-0.4, -0.2) is 45.5 Å². The molecule has 0 spiro atoms. The van der Waals surface area contributed by atoms with Crippen LogP contribution in [0.1, 0.15) is 6.42 Å². The molecule has 5 nitrogen and oxygen atoms in total. The molecule has 0 saturated carbocycles. The number of hydrogen-bond acceptors (Lipinski definition) is 4. The Morgan fingerprint density at radius 2 is 2.31 bits per heavy atom. The Bertz CT molecular complexity index is 175. The van der Waals surface area contributed by atoms with Crippen molar-refractivity contribution in [3.8, 4) is 0 Å². The fourth-order valence-electron chi connectivity index (χ4n) is 1.37. The predicted octanol–water partition coefficient (Wildman–Crippen LogP) is -0.281. The summed E-state index contributed by atoms with van der Waals surface area (Å²) >= 11 is 0. The molecule has 1 rings (SSSR count). The molecule has 2 unspecified atom stereocenters. The summed E-state index contributed by atoms with van der Waals surface area (Å²) in [6.45, 7) is 1.60. The maximum atomic E-state index is 10.9. The number of carbonyl (C=O) groups is 1. The zero-order chi connectivity index (χ0) is 9.68. The number of piperidine rings is 1. The molecule has 0 aromatic carbocycles. The van der Waals surface area contributed by atoms with Crippen LogP contribution in [0, 0.1) is 0 Å². The lowest BCUT2D eigenvalue weighted by Gasteiger charge is -2.30. The molecule has 13 heavy (non-hydrogen) atoms. The Kier molecular flexibility index (Phi) is 3.98. The fourth-order valence-corrected chi connectivity index (χ4v) is 1.37. The summed E-state index contributed by atoms with van der Waals surface area (Å²) in [4.78, 5) is 10.9. The number of ether oxygens (including phenoxy) is 2. The van der Waals surface area contributed by atoms with Crippen LogP contribution < -0.4 is 10.6 Å². The Labute approximate surface area is 77.8 Å². The molecular weight excluding hydrogens is 172 g/mol. The first kappa shape index (κ1) is 10.3. The van der Waals surface area contributed by atoms with E-state index in [4.69, 9.17) is 9.47 Å². The van der Waals surface area contributed by atoms with Crippen LogP contribution in [0.15, 0.2) is 0 Å². The predicted molar refractivity (Wildman–Crippen MR) is 47.6 cm³/mol. The number of hydrogen-bond donors (Lipinski definition) is 2. The monoisotopic (exact) mass is 188 g/mol. The van der Waals surface area contributed by atoms with E-state index in [1.54, 1.807) is 14.2 Å². The minimum Gasteiger partial charge on any atom is -0.443 e. The second kappa shape index (κ2) is 5.04. The molecule has 0 bridgehead atoms. The van der Waals surface area contributed by atoms with Crippen LogP contribution in [0.2, 0.25) is 0 Å². The second-order valence-corrected chi connectivity index (χ2v) is 2.96. The molecule has 0 aliphatic carbocycles. The molecule has 1 aliphatic heterocycles. The van der Waals surface area contributed by atoms with Crippen LogP contribution in [0.25, 0.3) is 0 Å². The van der Waals surface area contributed by atoms with Gasteiger partial charge in [0.2, 0.25) is 0 Å². The average molecular weight is 188 g/mol. The summed E-state index contributed by atoms with van der Waals surface area (Å²) in [6, 6.07) is 0. The van der Waals surface area contributed by atoms with E-state index in [1.165, 1.54) is 0 Å². The maximum Gasteiger partial charge on any atom is 0.407 e. The number of rotatable bonds is 2. The molecule has 2 atom stereocenters. The first-order valence-corrected chi connectivity index (χ1v) is 4.39. The summed E-state index contributed by atoms with van der Waals surface area (Å²) in [5.74, 6) is 0. The molecule has 0 radical (unpaired) electrons. The van der Waals surface area contributed by atoms with Crippen LogP contribution in [-0.2, 0) is 9.47 Å². The van der Waals surface area contributed by atoms with Gasteiger partial charge in [0.15, 0.2) is 0 Å². The molecule has 1 fully saturated rings. The van der Waals surface area contributed by atoms with Crippen molar-refractivity contribution in [1.82, 2.24) is 10.6 Å². The van der Waals surface area contributed by atoms with Crippen molar-refractivity contribution in [2.75, 3.05) is 27.2 Å². The molecule has 2 N–H and O–H groups in total. The van der Waals surface area contributed by atoms with Gasteiger partial charge >= 0.3 is 6.09 Å². The largest absolute Gasteiger partial charge is 0.443 e. The highest BCUT2D eigenvalue weighted by Gasteiger charge is 2.27. The van der Waals surface area contributed by atoms with Crippen molar-refractivity contribution in [2.24, 2.45) is 0 Å². The van der Waals surface area contributed by atoms with Gasteiger partial charge in [-0.15, -0.1) is 0 Å². The van der Waals surface area contributed by atoms with Crippen LogP contribution >= 0.6 is 0 Å². The lowest BCUT2D eigenvalue weighted by Crippen LogP contribution is -2.47. The summed E-state index contributed by atoms with van der Waals surface area (Å²) < 4.78 is 10.3. The highest BCUT2D eigenvalue weighted by Crippen LogP contribution is 2.11. The summed E-state index contributed by atoms with van der Waals surface area (Å²) in [5, 5.41) is 5.59. The van der Waals surface area contributed by atoms with Crippen molar-refractivity contribution in [1.29, 1.82) is 0 Å². The molecule has 76 valence electrons. The number of alkyl carbamates (subject to hydrolysis) is 1. The molecule has 5 heteroatoms. The van der Waals surface area contributed by atoms with Crippen molar-refractivity contribution in [3.05, 3.63) is 0 Å². The van der Waals surface area contributed by atoms with Gasteiger partial charge in [-0.05, 0) is 13.0 Å². The Balaban J connectivity index is 2.40. The SMILES string of the molecule is CNC(=O)OC1CCNCC1OC. The lowest BCUT2D eigenvalue weighted by atomic mass is 10.1. The van der Waals surface area contributed by atoms with E-state index >= 15 is 0 Å². The molecular formula is C8H16N2O3. The molecule has 0 aromatic heterocycles. The van der Waals surface area contributed by atoms with Crippen molar-refractivity contribution < 1.29 is 14.3 Å². The number of nitrogens with one attached hydrogen (secondary N) is 2. The zero-order valence-electron chi connectivity index (χ0n) is 8.00. The van der Waals surface area contributed by atoms with Gasteiger partial charge < -0.3 is 20.1 Å². The molecule has 1 amide bonds. The quantitative estimate of drug-likeness (QED) is 0.625. The Morgan fingerprint density at radius 3 is 2.92 bits per heavy atom. The van der Waals surface area contributed by atoms with Gasteiger partial charge in [0.1, 0.15) is 12.2 Å². The zero-order valence-corrected chi connectivity index (χ0v) is 8.00. The van der Waals surface area contributed by atoms with E-state index in [-0.39, 0.29) is 12.2 Å². The maximum absolute atomic E-state index is 10.9. The number of carbonyl (C=O) groups excluding carboxylic acids is 1. The van der Waals surface area contributed by atoms with Gasteiger partial charge in [0.05, 0.1) is 0 Å². The first-order chi connectivity index (χ1) is 6.27. The van der Waals surface area contributed by atoms with E-state index in [9.17, 15) is 4.79 Å². The smallest absolute Gasteiger partial charge is 0.407 e. The number of methoxy groups -OCH3 is 1. The average Bonchev–Trinajstić information content (AvgIpc) is 2.18. The highest BCUT2D eigenvalue weighted by atomic mass is 16.6. The topological polar surface area (TPSA) is 59.6 Å². The second-order valence-electron chi connectivity index (χ2n) is 2.96. The Hall–Kier alpha value is -0.810. The van der Waals surface area contributed by atoms with Gasteiger partial charge in [-0.25, -0.2) is 4.79 Å². The molecule has 1 saturated heterocycles. The van der Waals surface area contributed by atoms with Crippen LogP contribution in [0.4, 0.5) is 4.79 Å². The normalized spacial score (nSPS) is 28.2. The summed E-state index contributed by atoms with van der Waals surface area (Å²) in [7, 11) is 3.17. The van der Waals surface area contributed by atoms with Gasteiger partial charge in [-0.1, -0.05) is 0 Å². The van der Waals surface area contributed by atoms with E-state index in [0.29, 0.717) is 0 Å². The van der Waals surface area contributed by atoms with Gasteiger partial charge in [-0.3, -0.25) is 0 Å². The van der Waals surface area contributed by atoms with Gasteiger partial charge in [0.25, 0.3) is 0 Å². The van der Waals surface area contributed by atoms with E-state index in [0.717, 1.165) is 19.5 Å². The molecule has 0 aromatic rings. The fraction of sp³-hybridized carbons (Fsp3) is 0.875. The third-order valence-corrected chi connectivity index (χ3v) is 2.13. The van der Waals surface area contributed by atoms with Crippen LogP contribution in [0.5, 0.6) is 0 Å². The minimum absolute atomic E-state index is 0.0361. The van der Waals surface area contributed by atoms with E-state index < -0.39 is 6.09 Å². The third kappa shape index (κ3) is 2.86. The Morgan fingerprint density at radius 1 is 1.54 bits per heavy atom. The van der Waals surface area contributed by atoms with Crippen molar-refractivity contribution >= 4 is 6.09 Å². The lowest BCUT2D eigenvalue weighted by molar-refractivity contribution is -0.0358. The van der Waals surface area contributed by atoms with Gasteiger partial charge in [0, 0.05) is 20.7 Å². The highest BCUT2D eigenvalue weighted by molar-refractivity contribution is 5.66. The first-order valence-electron chi connectivity index (χ1n) is 4.39. The van der Waals surface area contributed by atoms with Crippen molar-refractivity contribution in [2.45, 2.75) is 18.6 Å². The van der Waals surface area contributed by atoms with E-state index in [1.807, 2.05) is 0 Å². The molecule has 1 aliphatic rings. The third-order valence-electron chi connectivity index (χ3n) is 2.13. The van der Waals surface area contributed by atoms with Crippen molar-refractivity contribution in [3.63, 3.8) is 0 Å². The number of amides is 1. The molecule has 1 heterocycles. The summed E-state index contributed by atoms with van der Waals surface area (Å²) in [6.07, 6.45) is 0.234. The van der Waals surface area contributed by atoms with Crippen LogP contribution in [0.3, 0.4) is 0 Å². The minimum atomic E-state index is -0.394. The standard InChI is InChI=1S/C8H16N2O3/c1-9-8(11)13-6-3-4-10-5-7(6)12-2/h6-7,10H,3-5H2,1-2H3,(H,9,11). The van der Waals surface area contributed by atoms with Gasteiger partial charge in [-0.2, -0.15) is 0 Å². The van der Waals surface area contributed by atoms with E-state index in [2.05, 4.69) is 10.6 Å². The summed E-state index contributed by atoms with van der Waals surface area (Å²) in [5.41, 5.74) is 0.